The lowest BCUT2D eigenvalue weighted by Gasteiger charge is -2.34. The van der Waals surface area contributed by atoms with E-state index in [1.54, 1.807) is 0 Å². The first-order valence-electron chi connectivity index (χ1n) is 14.5. The largest absolute Gasteiger partial charge is 0.481 e. The molecule has 0 atom stereocenters. The van der Waals surface area contributed by atoms with E-state index in [9.17, 15) is 14.4 Å². The number of hydrogen-bond donors (Lipinski definition) is 1. The average molecular weight is 541 g/mol. The Labute approximate surface area is 237 Å². The Balaban J connectivity index is 1.40. The van der Waals surface area contributed by atoms with Crippen molar-refractivity contribution in [3.8, 4) is 0 Å². The summed E-state index contributed by atoms with van der Waals surface area (Å²) >= 11 is 0. The summed E-state index contributed by atoms with van der Waals surface area (Å²) in [5.41, 5.74) is 5.99. The molecule has 0 unspecified atom stereocenters. The van der Waals surface area contributed by atoms with Crippen LogP contribution in [-0.2, 0) is 25.2 Å². The molecule has 2 aromatic rings. The summed E-state index contributed by atoms with van der Waals surface area (Å²) < 4.78 is 0. The number of para-hydroxylation sites is 2. The monoisotopic (exact) mass is 540 g/mol. The van der Waals surface area contributed by atoms with E-state index in [4.69, 9.17) is 5.11 Å². The number of unbranched alkanes of at least 4 members (excludes halogenated alkanes) is 2. The van der Waals surface area contributed by atoms with Gasteiger partial charge in [0.25, 0.3) is 0 Å². The number of anilines is 2. The second kappa shape index (κ2) is 10.4. The molecule has 5 rings (SSSR count). The summed E-state index contributed by atoms with van der Waals surface area (Å²) in [7, 11) is 0. The van der Waals surface area contributed by atoms with Crippen LogP contribution in [0.1, 0.15) is 71.4 Å². The van der Waals surface area contributed by atoms with E-state index in [2.05, 4.69) is 68.7 Å². The standard InChI is InChI=1S/C34H40N2O4/c1-6-35-26-16-11-9-14-24(26)33(2,3)28(35)20-22-31(39)23(32(22)40)21-29-34(4,5)25-15-10-12-17-27(25)36(29)19-13-7-8-18-30(37)38/h9-12,14-17,20-23H,6-8,13,18-19H2,1-5H3,(H,37,38)/b28-20+,29-21+. The van der Waals surface area contributed by atoms with Crippen LogP contribution in [0.4, 0.5) is 11.4 Å². The number of allylic oxidation sites excluding steroid dienone is 4. The normalized spacial score (nSPS) is 24.4. The molecule has 0 radical (unpaired) electrons. The van der Waals surface area contributed by atoms with E-state index in [0.717, 1.165) is 42.2 Å². The topological polar surface area (TPSA) is 77.9 Å². The van der Waals surface area contributed by atoms with E-state index in [0.29, 0.717) is 13.0 Å². The number of nitrogens with zero attached hydrogens (tertiary/aromatic N) is 2. The van der Waals surface area contributed by atoms with E-state index >= 15 is 0 Å². The zero-order valence-electron chi connectivity index (χ0n) is 24.2. The predicted octanol–water partition coefficient (Wildman–Crippen LogP) is 6.40. The van der Waals surface area contributed by atoms with Gasteiger partial charge in [-0.3, -0.25) is 14.4 Å². The van der Waals surface area contributed by atoms with Crippen molar-refractivity contribution in [2.24, 2.45) is 11.8 Å². The van der Waals surface area contributed by atoms with Crippen molar-refractivity contribution >= 4 is 28.9 Å². The van der Waals surface area contributed by atoms with Crippen molar-refractivity contribution in [2.75, 3.05) is 22.9 Å². The third-order valence-electron chi connectivity index (χ3n) is 9.06. The molecule has 0 bridgehead atoms. The van der Waals surface area contributed by atoms with Crippen LogP contribution in [-0.4, -0.2) is 35.7 Å². The lowest BCUT2D eigenvalue weighted by Crippen LogP contribution is -2.48. The maximum atomic E-state index is 13.6. The quantitative estimate of drug-likeness (QED) is 0.293. The molecule has 40 heavy (non-hydrogen) atoms. The molecule has 1 fully saturated rings. The Morgan fingerprint density at radius 3 is 1.75 bits per heavy atom. The highest BCUT2D eigenvalue weighted by Gasteiger charge is 2.51. The molecule has 3 aliphatic rings. The minimum absolute atomic E-state index is 0.0408. The van der Waals surface area contributed by atoms with Crippen molar-refractivity contribution in [3.63, 3.8) is 0 Å². The number of aliphatic carboxylic acids is 1. The number of likely N-dealkylation sites (N-methyl/N-ethyl adjacent to an activating group) is 1. The summed E-state index contributed by atoms with van der Waals surface area (Å²) in [6, 6.07) is 16.5. The van der Waals surface area contributed by atoms with Crippen LogP contribution < -0.4 is 9.80 Å². The van der Waals surface area contributed by atoms with Crippen molar-refractivity contribution in [1.29, 1.82) is 0 Å². The number of carboxylic acid groups (broad SMARTS) is 1. The fourth-order valence-electron chi connectivity index (χ4n) is 6.80. The summed E-state index contributed by atoms with van der Waals surface area (Å²) in [5.74, 6) is -2.33. The molecular formula is C34H40N2O4. The first-order chi connectivity index (χ1) is 19.0. The Morgan fingerprint density at radius 2 is 1.25 bits per heavy atom. The molecule has 0 aromatic heterocycles. The van der Waals surface area contributed by atoms with Gasteiger partial charge < -0.3 is 14.9 Å². The SMILES string of the molecule is CCN1/C(=C/C2C(=O)C(/C=C3/N(CCCCCC(=O)O)c4ccccc4C3(C)C)C2=O)C(C)(C)c2ccccc21. The molecule has 2 aliphatic heterocycles. The molecule has 6 nitrogen and oxygen atoms in total. The maximum absolute atomic E-state index is 13.6. The lowest BCUT2D eigenvalue weighted by molar-refractivity contribution is -0.146. The molecule has 0 saturated heterocycles. The van der Waals surface area contributed by atoms with E-state index in [1.165, 1.54) is 11.1 Å². The summed E-state index contributed by atoms with van der Waals surface area (Å²) in [6.45, 7) is 12.2. The minimum Gasteiger partial charge on any atom is -0.481 e. The molecule has 6 heteroatoms. The molecule has 210 valence electrons. The molecular weight excluding hydrogens is 500 g/mol. The van der Waals surface area contributed by atoms with Crippen LogP contribution in [0.3, 0.4) is 0 Å². The highest BCUT2D eigenvalue weighted by molar-refractivity contribution is 6.26. The number of ketones is 2. The fraction of sp³-hybridized carbons (Fsp3) is 0.441. The summed E-state index contributed by atoms with van der Waals surface area (Å²) in [6.07, 6.45) is 6.27. The minimum atomic E-state index is -0.772. The van der Waals surface area contributed by atoms with E-state index in [1.807, 2.05) is 36.4 Å². The maximum Gasteiger partial charge on any atom is 0.303 e. The summed E-state index contributed by atoms with van der Waals surface area (Å²) in [4.78, 5) is 42.5. The Bertz CT molecular complexity index is 1400. The van der Waals surface area contributed by atoms with Crippen LogP contribution in [0, 0.1) is 11.8 Å². The van der Waals surface area contributed by atoms with Crippen LogP contribution >= 0.6 is 0 Å². The Hall–Kier alpha value is -3.67. The van der Waals surface area contributed by atoms with Crippen LogP contribution in [0.2, 0.25) is 0 Å². The van der Waals surface area contributed by atoms with Gasteiger partial charge in [-0.15, -0.1) is 0 Å². The first-order valence-corrected chi connectivity index (χ1v) is 14.5. The number of hydrogen-bond acceptors (Lipinski definition) is 5. The molecule has 1 aliphatic carbocycles. The third kappa shape index (κ3) is 4.47. The van der Waals surface area contributed by atoms with Gasteiger partial charge in [0.2, 0.25) is 0 Å². The number of carbonyl (C=O) groups excluding carboxylic acids is 2. The van der Waals surface area contributed by atoms with Gasteiger partial charge in [-0.2, -0.15) is 0 Å². The van der Waals surface area contributed by atoms with Gasteiger partial charge in [0.15, 0.2) is 11.6 Å². The molecule has 0 spiro atoms. The number of carbonyl (C=O) groups is 3. The van der Waals surface area contributed by atoms with Gasteiger partial charge in [-0.1, -0.05) is 70.5 Å². The lowest BCUT2D eigenvalue weighted by atomic mass is 9.69. The zero-order valence-corrected chi connectivity index (χ0v) is 24.2. The smallest absolute Gasteiger partial charge is 0.303 e. The van der Waals surface area contributed by atoms with Crippen molar-refractivity contribution in [1.82, 2.24) is 0 Å². The van der Waals surface area contributed by atoms with Crippen molar-refractivity contribution < 1.29 is 19.5 Å². The zero-order chi connectivity index (χ0) is 28.8. The van der Waals surface area contributed by atoms with Crippen molar-refractivity contribution in [3.05, 3.63) is 83.2 Å². The van der Waals surface area contributed by atoms with E-state index in [-0.39, 0.29) is 28.8 Å². The second-order valence-corrected chi connectivity index (χ2v) is 12.2. The van der Waals surface area contributed by atoms with Gasteiger partial charge in [0.05, 0.1) is 11.8 Å². The third-order valence-corrected chi connectivity index (χ3v) is 9.06. The van der Waals surface area contributed by atoms with Gasteiger partial charge in [0, 0.05) is 53.1 Å². The number of benzene rings is 2. The van der Waals surface area contributed by atoms with Gasteiger partial charge in [-0.25, -0.2) is 0 Å². The summed E-state index contributed by atoms with van der Waals surface area (Å²) in [5, 5.41) is 8.97. The van der Waals surface area contributed by atoms with Gasteiger partial charge in [0.1, 0.15) is 0 Å². The van der Waals surface area contributed by atoms with Crippen LogP contribution in [0.25, 0.3) is 0 Å². The van der Waals surface area contributed by atoms with Crippen LogP contribution in [0.15, 0.2) is 72.1 Å². The Morgan fingerprint density at radius 1 is 0.775 bits per heavy atom. The molecule has 2 aromatic carbocycles. The Kier molecular flexibility index (Phi) is 7.24. The molecule has 1 saturated carbocycles. The second-order valence-electron chi connectivity index (χ2n) is 12.2. The average Bonchev–Trinajstić information content (AvgIpc) is 3.28. The van der Waals surface area contributed by atoms with E-state index < -0.39 is 17.8 Å². The number of rotatable bonds is 9. The number of Topliss-reactive ketones (excluding diaryl/α,β-unsaturated/α-hetero) is 2. The molecule has 0 amide bonds. The van der Waals surface area contributed by atoms with Gasteiger partial charge >= 0.3 is 5.97 Å². The first kappa shape index (κ1) is 27.9. The van der Waals surface area contributed by atoms with Gasteiger partial charge in [-0.05, 0) is 55.2 Å². The van der Waals surface area contributed by atoms with Crippen LogP contribution in [0.5, 0.6) is 0 Å². The predicted molar refractivity (Wildman–Crippen MR) is 159 cm³/mol. The fourth-order valence-corrected chi connectivity index (χ4v) is 6.80. The number of carboxylic acids is 1. The van der Waals surface area contributed by atoms with Crippen molar-refractivity contribution in [2.45, 2.75) is 71.1 Å². The molecule has 2 heterocycles. The highest BCUT2D eigenvalue weighted by Crippen LogP contribution is 2.50. The molecule has 1 N–H and O–H groups in total. The number of fused-ring (bicyclic) bond motifs is 2. The highest BCUT2D eigenvalue weighted by atomic mass is 16.4.